The van der Waals surface area contributed by atoms with Gasteiger partial charge in [0.2, 0.25) is 0 Å². The number of aliphatic hydroxyl groups is 1. The Morgan fingerprint density at radius 2 is 2.23 bits per heavy atom. The van der Waals surface area contributed by atoms with E-state index < -0.39 is 6.10 Å². The first-order valence-electron chi connectivity index (χ1n) is 3.94. The lowest BCUT2D eigenvalue weighted by molar-refractivity contribution is 0.181. The Balaban J connectivity index is 3.08. The first-order chi connectivity index (χ1) is 6.20. The highest BCUT2D eigenvalue weighted by Gasteiger charge is 2.13. The Morgan fingerprint density at radius 1 is 1.54 bits per heavy atom. The normalized spacial score (nSPS) is 12.5. The zero-order chi connectivity index (χ0) is 9.84. The molecular formula is C9H13NO3. The second-order valence-corrected chi connectivity index (χ2v) is 2.65. The van der Waals surface area contributed by atoms with Crippen molar-refractivity contribution < 1.29 is 14.9 Å². The van der Waals surface area contributed by atoms with E-state index in [1.54, 1.807) is 18.2 Å². The standard InChI is InChI=1S/C9H13NO3/c1-13-8-4-2-3-6(9(8)12)7(11)5-10/h2-4,7,11-12H,5,10H2,1H3/t7-/m1/s1. The van der Waals surface area contributed by atoms with Gasteiger partial charge in [0, 0.05) is 12.1 Å². The summed E-state index contributed by atoms with van der Waals surface area (Å²) in [6.45, 7) is 0.0702. The predicted octanol–water partition coefficient (Wildman–Crippen LogP) is 0.393. The van der Waals surface area contributed by atoms with E-state index in [1.165, 1.54) is 7.11 Å². The van der Waals surface area contributed by atoms with E-state index in [1.807, 2.05) is 0 Å². The van der Waals surface area contributed by atoms with E-state index in [0.717, 1.165) is 0 Å². The van der Waals surface area contributed by atoms with Gasteiger partial charge < -0.3 is 20.7 Å². The number of aliphatic hydroxyl groups excluding tert-OH is 1. The molecule has 72 valence electrons. The van der Waals surface area contributed by atoms with Crippen LogP contribution in [-0.4, -0.2) is 23.9 Å². The average Bonchev–Trinajstić information content (AvgIpc) is 2.17. The molecular weight excluding hydrogens is 170 g/mol. The van der Waals surface area contributed by atoms with Crippen molar-refractivity contribution in [1.82, 2.24) is 0 Å². The van der Waals surface area contributed by atoms with Crippen LogP contribution in [0.2, 0.25) is 0 Å². The molecule has 0 aliphatic carbocycles. The van der Waals surface area contributed by atoms with Gasteiger partial charge in [0.25, 0.3) is 0 Å². The van der Waals surface area contributed by atoms with E-state index in [2.05, 4.69) is 0 Å². The molecule has 0 heterocycles. The molecule has 1 aromatic carbocycles. The van der Waals surface area contributed by atoms with Gasteiger partial charge in [-0.15, -0.1) is 0 Å². The molecule has 1 atom stereocenters. The van der Waals surface area contributed by atoms with E-state index in [0.29, 0.717) is 11.3 Å². The van der Waals surface area contributed by atoms with Crippen molar-refractivity contribution >= 4 is 0 Å². The Labute approximate surface area is 76.6 Å². The van der Waals surface area contributed by atoms with Gasteiger partial charge in [-0.2, -0.15) is 0 Å². The summed E-state index contributed by atoms with van der Waals surface area (Å²) in [7, 11) is 1.45. The fourth-order valence-corrected chi connectivity index (χ4v) is 1.10. The van der Waals surface area contributed by atoms with Crippen LogP contribution < -0.4 is 10.5 Å². The highest BCUT2D eigenvalue weighted by Crippen LogP contribution is 2.32. The van der Waals surface area contributed by atoms with Crippen molar-refractivity contribution in [3.63, 3.8) is 0 Å². The Morgan fingerprint density at radius 3 is 2.77 bits per heavy atom. The van der Waals surface area contributed by atoms with Crippen molar-refractivity contribution in [3.05, 3.63) is 23.8 Å². The summed E-state index contributed by atoms with van der Waals surface area (Å²) in [5, 5.41) is 18.9. The van der Waals surface area contributed by atoms with Crippen LogP contribution >= 0.6 is 0 Å². The van der Waals surface area contributed by atoms with Crippen LogP contribution in [0.3, 0.4) is 0 Å². The van der Waals surface area contributed by atoms with E-state index >= 15 is 0 Å². The lowest BCUT2D eigenvalue weighted by Gasteiger charge is -2.12. The van der Waals surface area contributed by atoms with Crippen LogP contribution in [-0.2, 0) is 0 Å². The van der Waals surface area contributed by atoms with E-state index in [-0.39, 0.29) is 12.3 Å². The molecule has 0 spiro atoms. The highest BCUT2D eigenvalue weighted by atomic mass is 16.5. The third-order valence-corrected chi connectivity index (χ3v) is 1.83. The number of aromatic hydroxyl groups is 1. The summed E-state index contributed by atoms with van der Waals surface area (Å²) in [4.78, 5) is 0. The van der Waals surface area contributed by atoms with Crippen LogP contribution in [0.15, 0.2) is 18.2 Å². The second kappa shape index (κ2) is 4.11. The van der Waals surface area contributed by atoms with Gasteiger partial charge in [0.15, 0.2) is 11.5 Å². The maximum absolute atomic E-state index is 9.55. The summed E-state index contributed by atoms with van der Waals surface area (Å²) in [5.41, 5.74) is 5.65. The molecule has 0 fully saturated rings. The number of phenols is 1. The Kier molecular flexibility index (Phi) is 3.11. The number of nitrogens with two attached hydrogens (primary N) is 1. The molecule has 0 aliphatic rings. The van der Waals surface area contributed by atoms with Crippen LogP contribution in [0, 0.1) is 0 Å². The summed E-state index contributed by atoms with van der Waals surface area (Å²) in [6, 6.07) is 4.91. The van der Waals surface area contributed by atoms with Crippen molar-refractivity contribution in [2.75, 3.05) is 13.7 Å². The van der Waals surface area contributed by atoms with Crippen molar-refractivity contribution in [2.45, 2.75) is 6.10 Å². The van der Waals surface area contributed by atoms with Gasteiger partial charge >= 0.3 is 0 Å². The van der Waals surface area contributed by atoms with Crippen molar-refractivity contribution in [2.24, 2.45) is 5.73 Å². The minimum atomic E-state index is -0.852. The van der Waals surface area contributed by atoms with Crippen LogP contribution in [0.25, 0.3) is 0 Å². The van der Waals surface area contributed by atoms with Gasteiger partial charge in [-0.25, -0.2) is 0 Å². The molecule has 13 heavy (non-hydrogen) atoms. The first kappa shape index (κ1) is 9.83. The maximum Gasteiger partial charge on any atom is 0.163 e. The number of para-hydroxylation sites is 1. The largest absolute Gasteiger partial charge is 0.504 e. The molecule has 0 bridgehead atoms. The summed E-state index contributed by atoms with van der Waals surface area (Å²) in [5.74, 6) is 0.285. The van der Waals surface area contributed by atoms with Crippen LogP contribution in [0.1, 0.15) is 11.7 Å². The number of hydrogen-bond acceptors (Lipinski definition) is 4. The number of hydrogen-bond donors (Lipinski definition) is 3. The minimum absolute atomic E-state index is 0.0528. The molecule has 0 radical (unpaired) electrons. The van der Waals surface area contributed by atoms with Gasteiger partial charge in [0.1, 0.15) is 0 Å². The lowest BCUT2D eigenvalue weighted by atomic mass is 10.1. The molecule has 4 heteroatoms. The van der Waals surface area contributed by atoms with Gasteiger partial charge in [-0.1, -0.05) is 12.1 Å². The second-order valence-electron chi connectivity index (χ2n) is 2.65. The van der Waals surface area contributed by atoms with E-state index in [4.69, 9.17) is 10.5 Å². The number of methoxy groups -OCH3 is 1. The molecule has 1 aromatic rings. The SMILES string of the molecule is COc1cccc([C@H](O)CN)c1O. The monoisotopic (exact) mass is 183 g/mol. The van der Waals surface area contributed by atoms with Crippen molar-refractivity contribution in [1.29, 1.82) is 0 Å². The van der Waals surface area contributed by atoms with Gasteiger partial charge in [-0.05, 0) is 6.07 Å². The topological polar surface area (TPSA) is 75.7 Å². The predicted molar refractivity (Wildman–Crippen MR) is 48.7 cm³/mol. The molecule has 4 N–H and O–H groups in total. The molecule has 0 aliphatic heterocycles. The number of benzene rings is 1. The molecule has 0 saturated carbocycles. The molecule has 4 nitrogen and oxygen atoms in total. The summed E-state index contributed by atoms with van der Waals surface area (Å²) < 4.78 is 4.88. The third kappa shape index (κ3) is 1.91. The first-order valence-corrected chi connectivity index (χ1v) is 3.94. The number of phenolic OH excluding ortho intramolecular Hbond substituents is 1. The highest BCUT2D eigenvalue weighted by molar-refractivity contribution is 5.46. The smallest absolute Gasteiger partial charge is 0.163 e. The quantitative estimate of drug-likeness (QED) is 0.633. The van der Waals surface area contributed by atoms with Crippen LogP contribution in [0.4, 0.5) is 0 Å². The van der Waals surface area contributed by atoms with E-state index in [9.17, 15) is 10.2 Å². The molecule has 0 aromatic heterocycles. The number of rotatable bonds is 3. The van der Waals surface area contributed by atoms with Crippen LogP contribution in [0.5, 0.6) is 11.5 Å². The van der Waals surface area contributed by atoms with Crippen molar-refractivity contribution in [3.8, 4) is 11.5 Å². The lowest BCUT2D eigenvalue weighted by Crippen LogP contribution is -2.11. The molecule has 0 unspecified atom stereocenters. The zero-order valence-electron chi connectivity index (χ0n) is 7.40. The van der Waals surface area contributed by atoms with Gasteiger partial charge in [0.05, 0.1) is 13.2 Å². The number of ether oxygens (including phenoxy) is 1. The average molecular weight is 183 g/mol. The van der Waals surface area contributed by atoms with Gasteiger partial charge in [-0.3, -0.25) is 0 Å². The summed E-state index contributed by atoms with van der Waals surface area (Å²) >= 11 is 0. The Bertz CT molecular complexity index is 288. The third-order valence-electron chi connectivity index (χ3n) is 1.83. The fraction of sp³-hybridized carbons (Fsp3) is 0.333. The molecule has 1 rings (SSSR count). The molecule has 0 saturated heterocycles. The fourth-order valence-electron chi connectivity index (χ4n) is 1.10. The Hall–Kier alpha value is -1.26. The minimum Gasteiger partial charge on any atom is -0.504 e. The zero-order valence-corrected chi connectivity index (χ0v) is 7.40. The summed E-state index contributed by atoms with van der Waals surface area (Å²) in [6.07, 6.45) is -0.852. The molecule has 0 amide bonds. The maximum atomic E-state index is 9.55.